The van der Waals surface area contributed by atoms with E-state index in [0.29, 0.717) is 11.1 Å². The summed E-state index contributed by atoms with van der Waals surface area (Å²) in [5.74, 6) is -0.116. The monoisotopic (exact) mass is 400 g/mol. The van der Waals surface area contributed by atoms with Crippen LogP contribution in [0, 0.1) is 5.41 Å². The molecule has 28 heavy (non-hydrogen) atoms. The standard InChI is InChI=1S/C19H27F3N4O2/c1-26(2)12-15(19(20,21)22)28-16-6-3-5-13(24-16)11-23-17(27)25-14-9-18(10-14)7-4-8-18/h3,5-6,14-15H,4,7-12H2,1-2H3,(H2,23,25,27). The van der Waals surface area contributed by atoms with Gasteiger partial charge >= 0.3 is 12.2 Å². The van der Waals surface area contributed by atoms with Gasteiger partial charge in [0.25, 0.3) is 0 Å². The smallest absolute Gasteiger partial charge is 0.426 e. The van der Waals surface area contributed by atoms with E-state index >= 15 is 0 Å². The van der Waals surface area contributed by atoms with Crippen molar-refractivity contribution in [3.05, 3.63) is 23.9 Å². The summed E-state index contributed by atoms with van der Waals surface area (Å²) in [7, 11) is 3.09. The van der Waals surface area contributed by atoms with Crippen molar-refractivity contribution in [2.45, 2.75) is 57.0 Å². The maximum absolute atomic E-state index is 13.1. The molecule has 0 aliphatic heterocycles. The number of pyridine rings is 1. The van der Waals surface area contributed by atoms with Crippen molar-refractivity contribution >= 4 is 6.03 Å². The van der Waals surface area contributed by atoms with Crippen LogP contribution in [-0.2, 0) is 6.54 Å². The molecule has 1 heterocycles. The third-order valence-corrected chi connectivity index (χ3v) is 5.48. The van der Waals surface area contributed by atoms with Gasteiger partial charge in [0.2, 0.25) is 12.0 Å². The SMILES string of the molecule is CN(C)CC(Oc1cccc(CNC(=O)NC2CC3(CCC3)C2)n1)C(F)(F)F. The first kappa shape index (κ1) is 20.7. The van der Waals surface area contributed by atoms with Crippen molar-refractivity contribution < 1.29 is 22.7 Å². The second-order valence-corrected chi connectivity index (χ2v) is 8.16. The average Bonchev–Trinajstić information content (AvgIpc) is 2.52. The molecule has 2 N–H and O–H groups in total. The Hall–Kier alpha value is -2.03. The Morgan fingerprint density at radius 1 is 1.36 bits per heavy atom. The van der Waals surface area contributed by atoms with Crippen molar-refractivity contribution in [1.82, 2.24) is 20.5 Å². The number of hydrogen-bond acceptors (Lipinski definition) is 4. The molecular weight excluding hydrogens is 373 g/mol. The summed E-state index contributed by atoms with van der Waals surface area (Å²) in [6.45, 7) is -0.190. The summed E-state index contributed by atoms with van der Waals surface area (Å²) in [5.41, 5.74) is 0.912. The van der Waals surface area contributed by atoms with Crippen LogP contribution in [0.4, 0.5) is 18.0 Å². The van der Waals surface area contributed by atoms with Crippen LogP contribution >= 0.6 is 0 Å². The first-order valence-electron chi connectivity index (χ1n) is 9.54. The van der Waals surface area contributed by atoms with Gasteiger partial charge in [0.15, 0.2) is 0 Å². The van der Waals surface area contributed by atoms with Gasteiger partial charge in [0, 0.05) is 18.7 Å². The van der Waals surface area contributed by atoms with Crippen molar-refractivity contribution in [3.63, 3.8) is 0 Å². The van der Waals surface area contributed by atoms with Gasteiger partial charge in [-0.05, 0) is 51.3 Å². The molecule has 2 aliphatic carbocycles. The molecule has 0 bridgehead atoms. The van der Waals surface area contributed by atoms with Crippen molar-refractivity contribution in [1.29, 1.82) is 0 Å². The molecular formula is C19H27F3N4O2. The molecule has 1 atom stereocenters. The molecule has 2 fully saturated rings. The number of ether oxygens (including phenoxy) is 1. The maximum atomic E-state index is 13.1. The molecule has 9 heteroatoms. The number of nitrogens with zero attached hydrogens (tertiary/aromatic N) is 2. The molecule has 3 rings (SSSR count). The molecule has 6 nitrogen and oxygen atoms in total. The summed E-state index contributed by atoms with van der Waals surface area (Å²) < 4.78 is 44.4. The molecule has 1 aromatic heterocycles. The molecule has 1 unspecified atom stereocenters. The fourth-order valence-corrected chi connectivity index (χ4v) is 3.89. The predicted octanol–water partition coefficient (Wildman–Crippen LogP) is 3.08. The third-order valence-electron chi connectivity index (χ3n) is 5.48. The first-order chi connectivity index (χ1) is 13.2. The van der Waals surface area contributed by atoms with E-state index in [2.05, 4.69) is 15.6 Å². The van der Waals surface area contributed by atoms with Crippen LogP contribution in [0.2, 0.25) is 0 Å². The number of hydrogen-bond donors (Lipinski definition) is 2. The Labute approximate surface area is 162 Å². The predicted molar refractivity (Wildman–Crippen MR) is 97.9 cm³/mol. The lowest BCUT2D eigenvalue weighted by atomic mass is 9.54. The summed E-state index contributed by atoms with van der Waals surface area (Å²) in [4.78, 5) is 17.5. The molecule has 0 saturated heterocycles. The minimum atomic E-state index is -4.50. The molecule has 1 spiro atoms. The Morgan fingerprint density at radius 3 is 2.64 bits per heavy atom. The zero-order valence-corrected chi connectivity index (χ0v) is 16.2. The number of urea groups is 1. The Morgan fingerprint density at radius 2 is 2.07 bits per heavy atom. The van der Waals surface area contributed by atoms with Crippen molar-refractivity contribution in [3.8, 4) is 5.88 Å². The van der Waals surface area contributed by atoms with Crippen LogP contribution < -0.4 is 15.4 Å². The normalized spacial score (nSPS) is 19.6. The number of nitrogens with one attached hydrogen (secondary N) is 2. The highest BCUT2D eigenvalue weighted by molar-refractivity contribution is 5.74. The van der Waals surface area contributed by atoms with E-state index in [0.717, 1.165) is 12.8 Å². The average molecular weight is 400 g/mol. The van der Waals surface area contributed by atoms with Crippen LogP contribution in [0.5, 0.6) is 5.88 Å². The zero-order chi connectivity index (χ0) is 20.4. The van der Waals surface area contributed by atoms with Gasteiger partial charge in [0.05, 0.1) is 12.2 Å². The molecule has 2 saturated carbocycles. The molecule has 156 valence electrons. The van der Waals surface area contributed by atoms with Crippen LogP contribution in [0.3, 0.4) is 0 Å². The van der Waals surface area contributed by atoms with Gasteiger partial charge in [-0.25, -0.2) is 9.78 Å². The number of likely N-dealkylation sites (N-methyl/N-ethyl adjacent to an activating group) is 1. The second-order valence-electron chi connectivity index (χ2n) is 8.16. The fourth-order valence-electron chi connectivity index (χ4n) is 3.89. The summed E-state index contributed by atoms with van der Waals surface area (Å²) in [6, 6.07) is 4.50. The van der Waals surface area contributed by atoms with Crippen LogP contribution in [-0.4, -0.2) is 54.9 Å². The van der Waals surface area contributed by atoms with Crippen molar-refractivity contribution in [2.75, 3.05) is 20.6 Å². The highest BCUT2D eigenvalue weighted by Crippen LogP contribution is 2.55. The summed E-state index contributed by atoms with van der Waals surface area (Å²) in [5, 5.41) is 5.64. The van der Waals surface area contributed by atoms with Crippen LogP contribution in [0.25, 0.3) is 0 Å². The van der Waals surface area contributed by atoms with E-state index in [-0.39, 0.29) is 31.0 Å². The number of carbonyl (C=O) groups is 1. The third kappa shape index (κ3) is 5.27. The minimum Gasteiger partial charge on any atom is -0.463 e. The quantitative estimate of drug-likeness (QED) is 0.738. The lowest BCUT2D eigenvalue weighted by Crippen LogP contribution is -2.55. The van der Waals surface area contributed by atoms with Gasteiger partial charge in [-0.2, -0.15) is 13.2 Å². The molecule has 2 aliphatic rings. The van der Waals surface area contributed by atoms with E-state index < -0.39 is 12.3 Å². The first-order valence-corrected chi connectivity index (χ1v) is 9.54. The van der Waals surface area contributed by atoms with Gasteiger partial charge in [-0.15, -0.1) is 0 Å². The van der Waals surface area contributed by atoms with E-state index in [4.69, 9.17) is 4.74 Å². The van der Waals surface area contributed by atoms with Gasteiger partial charge in [0.1, 0.15) is 0 Å². The van der Waals surface area contributed by atoms with Gasteiger partial charge in [-0.1, -0.05) is 12.5 Å². The van der Waals surface area contributed by atoms with Crippen molar-refractivity contribution in [2.24, 2.45) is 5.41 Å². The second kappa shape index (κ2) is 8.14. The number of rotatable bonds is 7. The Bertz CT molecular complexity index is 684. The number of halogens is 3. The number of amides is 2. The zero-order valence-electron chi connectivity index (χ0n) is 16.2. The van der Waals surface area contributed by atoms with E-state index in [1.807, 2.05) is 0 Å². The molecule has 0 aromatic carbocycles. The summed E-state index contributed by atoms with van der Waals surface area (Å²) in [6.07, 6.45) is -0.599. The molecule has 0 radical (unpaired) electrons. The largest absolute Gasteiger partial charge is 0.463 e. The van der Waals surface area contributed by atoms with Crippen LogP contribution in [0.15, 0.2) is 18.2 Å². The lowest BCUT2D eigenvalue weighted by Gasteiger charge is -2.54. The van der Waals surface area contributed by atoms with E-state index in [1.54, 1.807) is 26.2 Å². The van der Waals surface area contributed by atoms with Gasteiger partial charge < -0.3 is 20.3 Å². The van der Waals surface area contributed by atoms with Gasteiger partial charge in [-0.3, -0.25) is 0 Å². The maximum Gasteiger partial charge on any atom is 0.426 e. The minimum absolute atomic E-state index is 0.116. The van der Waals surface area contributed by atoms with E-state index in [1.165, 1.54) is 30.2 Å². The van der Waals surface area contributed by atoms with Crippen LogP contribution in [0.1, 0.15) is 37.8 Å². The molecule has 2 amide bonds. The number of aromatic nitrogens is 1. The Kier molecular flexibility index (Phi) is 6.02. The number of alkyl halides is 3. The Balaban J connectivity index is 1.48. The molecule has 1 aromatic rings. The number of carbonyl (C=O) groups excluding carboxylic acids is 1. The highest BCUT2D eigenvalue weighted by atomic mass is 19.4. The summed E-state index contributed by atoms with van der Waals surface area (Å²) >= 11 is 0. The lowest BCUT2D eigenvalue weighted by molar-refractivity contribution is -0.198. The topological polar surface area (TPSA) is 66.5 Å². The fraction of sp³-hybridized carbons (Fsp3) is 0.684. The van der Waals surface area contributed by atoms with E-state index in [9.17, 15) is 18.0 Å². The highest BCUT2D eigenvalue weighted by Gasteiger charge is 2.48.